The highest BCUT2D eigenvalue weighted by Crippen LogP contribution is 2.59. The summed E-state index contributed by atoms with van der Waals surface area (Å²) in [5.74, 6) is 0.516. The van der Waals surface area contributed by atoms with Gasteiger partial charge in [-0.1, -0.05) is 0 Å². The van der Waals surface area contributed by atoms with Crippen molar-refractivity contribution in [3.8, 4) is 0 Å². The fourth-order valence-electron chi connectivity index (χ4n) is 3.52. The lowest BCUT2D eigenvalue weighted by Gasteiger charge is -2.27. The topological polar surface area (TPSA) is 15.3 Å². The monoisotopic (exact) mass is 262 g/mol. The van der Waals surface area contributed by atoms with Crippen LogP contribution in [0.5, 0.6) is 0 Å². The molecule has 1 aliphatic heterocycles. The predicted octanol–water partition coefficient (Wildman–Crippen LogP) is 2.40. The Balaban J connectivity index is 1.54. The van der Waals surface area contributed by atoms with E-state index in [1.54, 1.807) is 4.90 Å². The molecule has 1 spiro atoms. The molecule has 0 aromatic carbocycles. The van der Waals surface area contributed by atoms with Gasteiger partial charge in [0.05, 0.1) is 6.54 Å². The molecule has 0 aromatic heterocycles. The highest BCUT2D eigenvalue weighted by atomic mass is 19.4. The van der Waals surface area contributed by atoms with Crippen LogP contribution in [0, 0.1) is 11.3 Å². The Labute approximate surface area is 106 Å². The van der Waals surface area contributed by atoms with Crippen molar-refractivity contribution in [1.82, 2.24) is 10.2 Å². The second kappa shape index (κ2) is 4.37. The predicted molar refractivity (Wildman–Crippen MR) is 63.3 cm³/mol. The highest BCUT2D eigenvalue weighted by Gasteiger charge is 2.55. The van der Waals surface area contributed by atoms with Crippen molar-refractivity contribution in [3.63, 3.8) is 0 Å². The Morgan fingerprint density at radius 1 is 1.17 bits per heavy atom. The molecule has 3 rings (SSSR count). The van der Waals surface area contributed by atoms with Crippen LogP contribution in [-0.2, 0) is 0 Å². The minimum Gasteiger partial charge on any atom is -0.317 e. The summed E-state index contributed by atoms with van der Waals surface area (Å²) >= 11 is 0. The summed E-state index contributed by atoms with van der Waals surface area (Å²) in [5.41, 5.74) is 0.393. The largest absolute Gasteiger partial charge is 0.401 e. The smallest absolute Gasteiger partial charge is 0.317 e. The standard InChI is InChI=1S/C13H21F3N2/c14-13(15,16)9-18(11-1-2-11)8-10-7-12(10)3-5-17-6-4-12/h10-11,17H,1-9H2. The maximum Gasteiger partial charge on any atom is 0.401 e. The fraction of sp³-hybridized carbons (Fsp3) is 1.00. The van der Waals surface area contributed by atoms with E-state index in [0.717, 1.165) is 45.2 Å². The third kappa shape index (κ3) is 2.82. The lowest BCUT2D eigenvalue weighted by atomic mass is 9.92. The zero-order chi connectivity index (χ0) is 12.8. The molecule has 1 N–H and O–H groups in total. The van der Waals surface area contributed by atoms with E-state index in [9.17, 15) is 13.2 Å². The molecule has 5 heteroatoms. The number of halogens is 3. The van der Waals surface area contributed by atoms with E-state index in [-0.39, 0.29) is 6.04 Å². The van der Waals surface area contributed by atoms with Crippen molar-refractivity contribution in [2.75, 3.05) is 26.2 Å². The fourth-order valence-corrected chi connectivity index (χ4v) is 3.52. The molecule has 1 unspecified atom stereocenters. The molecule has 1 atom stereocenters. The first kappa shape index (κ1) is 12.7. The number of hydrogen-bond acceptors (Lipinski definition) is 2. The molecule has 3 fully saturated rings. The molecule has 1 heterocycles. The molecule has 0 aromatic rings. The number of rotatable bonds is 4. The summed E-state index contributed by atoms with van der Waals surface area (Å²) in [7, 11) is 0. The normalized spacial score (nSPS) is 31.0. The molecule has 0 amide bonds. The van der Waals surface area contributed by atoms with Crippen LogP contribution in [-0.4, -0.2) is 43.3 Å². The number of nitrogens with one attached hydrogen (secondary N) is 1. The highest BCUT2D eigenvalue weighted by molar-refractivity contribution is 5.06. The molecule has 3 aliphatic rings. The Morgan fingerprint density at radius 2 is 1.83 bits per heavy atom. The first-order valence-electron chi connectivity index (χ1n) is 7.00. The van der Waals surface area contributed by atoms with Crippen LogP contribution in [0.1, 0.15) is 32.1 Å². The van der Waals surface area contributed by atoms with Crippen LogP contribution in [0.3, 0.4) is 0 Å². The van der Waals surface area contributed by atoms with E-state index in [4.69, 9.17) is 0 Å². The summed E-state index contributed by atoms with van der Waals surface area (Å²) in [5, 5.41) is 3.33. The quantitative estimate of drug-likeness (QED) is 0.837. The molecule has 18 heavy (non-hydrogen) atoms. The SMILES string of the molecule is FC(F)(F)CN(CC1CC12CCNCC2)C1CC1. The lowest BCUT2D eigenvalue weighted by Crippen LogP contribution is -2.39. The van der Waals surface area contributed by atoms with Crippen LogP contribution in [0.25, 0.3) is 0 Å². The van der Waals surface area contributed by atoms with E-state index in [1.807, 2.05) is 0 Å². The Kier molecular flexibility index (Phi) is 3.09. The van der Waals surface area contributed by atoms with E-state index in [2.05, 4.69) is 5.32 Å². The second-order valence-corrected chi connectivity index (χ2v) is 6.29. The zero-order valence-corrected chi connectivity index (χ0v) is 10.6. The zero-order valence-electron chi connectivity index (χ0n) is 10.6. The van der Waals surface area contributed by atoms with Gasteiger partial charge >= 0.3 is 6.18 Å². The van der Waals surface area contributed by atoms with Gasteiger partial charge in [0.15, 0.2) is 0 Å². The van der Waals surface area contributed by atoms with Gasteiger partial charge in [0.25, 0.3) is 0 Å². The average Bonchev–Trinajstić information content (AvgIpc) is 3.15. The van der Waals surface area contributed by atoms with Gasteiger partial charge in [0.2, 0.25) is 0 Å². The lowest BCUT2D eigenvalue weighted by molar-refractivity contribution is -0.148. The Bertz CT molecular complexity index is 306. The van der Waals surface area contributed by atoms with E-state index >= 15 is 0 Å². The van der Waals surface area contributed by atoms with Crippen LogP contribution in [0.15, 0.2) is 0 Å². The molecular formula is C13H21F3N2. The Morgan fingerprint density at radius 3 is 2.39 bits per heavy atom. The molecule has 0 radical (unpaired) electrons. The summed E-state index contributed by atoms with van der Waals surface area (Å²) in [6.45, 7) is 2.05. The molecule has 104 valence electrons. The number of piperidine rings is 1. The minimum absolute atomic E-state index is 0.214. The third-order valence-electron chi connectivity index (χ3n) is 4.86. The minimum atomic E-state index is -4.04. The number of alkyl halides is 3. The van der Waals surface area contributed by atoms with Crippen molar-refractivity contribution < 1.29 is 13.2 Å². The average molecular weight is 262 g/mol. The Hall–Kier alpha value is -0.290. The molecule has 2 saturated carbocycles. The van der Waals surface area contributed by atoms with E-state index in [0.29, 0.717) is 17.9 Å². The van der Waals surface area contributed by atoms with Crippen molar-refractivity contribution in [3.05, 3.63) is 0 Å². The maximum absolute atomic E-state index is 12.5. The van der Waals surface area contributed by atoms with Gasteiger partial charge in [-0.3, -0.25) is 4.90 Å². The third-order valence-corrected chi connectivity index (χ3v) is 4.86. The van der Waals surface area contributed by atoms with Gasteiger partial charge in [-0.25, -0.2) is 0 Å². The first-order chi connectivity index (χ1) is 8.49. The van der Waals surface area contributed by atoms with Gasteiger partial charge in [-0.05, 0) is 56.5 Å². The van der Waals surface area contributed by atoms with Crippen LogP contribution in [0.4, 0.5) is 13.2 Å². The van der Waals surface area contributed by atoms with Gasteiger partial charge in [-0.2, -0.15) is 13.2 Å². The molecule has 1 saturated heterocycles. The van der Waals surface area contributed by atoms with Crippen LogP contribution < -0.4 is 5.32 Å². The first-order valence-corrected chi connectivity index (χ1v) is 7.00. The number of nitrogens with zero attached hydrogens (tertiary/aromatic N) is 1. The molecule has 2 nitrogen and oxygen atoms in total. The van der Waals surface area contributed by atoms with Crippen molar-refractivity contribution in [1.29, 1.82) is 0 Å². The van der Waals surface area contributed by atoms with Gasteiger partial charge in [0.1, 0.15) is 0 Å². The van der Waals surface area contributed by atoms with Crippen molar-refractivity contribution >= 4 is 0 Å². The van der Waals surface area contributed by atoms with Crippen LogP contribution >= 0.6 is 0 Å². The van der Waals surface area contributed by atoms with Gasteiger partial charge in [-0.15, -0.1) is 0 Å². The van der Waals surface area contributed by atoms with Crippen molar-refractivity contribution in [2.24, 2.45) is 11.3 Å². The van der Waals surface area contributed by atoms with Crippen molar-refractivity contribution in [2.45, 2.75) is 44.3 Å². The molecule has 2 aliphatic carbocycles. The van der Waals surface area contributed by atoms with Crippen LogP contribution in [0.2, 0.25) is 0 Å². The van der Waals surface area contributed by atoms with Gasteiger partial charge < -0.3 is 5.32 Å². The van der Waals surface area contributed by atoms with E-state index < -0.39 is 12.7 Å². The molecular weight excluding hydrogens is 241 g/mol. The summed E-state index contributed by atoms with van der Waals surface area (Å²) < 4.78 is 37.6. The number of hydrogen-bond donors (Lipinski definition) is 1. The van der Waals surface area contributed by atoms with E-state index in [1.165, 1.54) is 0 Å². The van der Waals surface area contributed by atoms with Gasteiger partial charge in [0, 0.05) is 12.6 Å². The molecule has 0 bridgehead atoms. The maximum atomic E-state index is 12.5. The second-order valence-electron chi connectivity index (χ2n) is 6.29. The summed E-state index contributed by atoms with van der Waals surface area (Å²) in [4.78, 5) is 1.70. The summed E-state index contributed by atoms with van der Waals surface area (Å²) in [6.07, 6.45) is 1.33. The summed E-state index contributed by atoms with van der Waals surface area (Å²) in [6, 6.07) is 0.214.